The van der Waals surface area contributed by atoms with Crippen LogP contribution in [0.2, 0.25) is 0 Å². The quantitative estimate of drug-likeness (QED) is 0.857. The SMILES string of the molecule is CC(=O)Nc1ccccc1OCC(=O)c1ccccc1C. The fourth-order valence-corrected chi connectivity index (χ4v) is 1.99. The molecule has 0 saturated heterocycles. The summed E-state index contributed by atoms with van der Waals surface area (Å²) in [5.41, 5.74) is 2.12. The molecule has 108 valence electrons. The third kappa shape index (κ3) is 3.92. The van der Waals surface area contributed by atoms with E-state index >= 15 is 0 Å². The van der Waals surface area contributed by atoms with Crippen molar-refractivity contribution >= 4 is 17.4 Å². The van der Waals surface area contributed by atoms with Gasteiger partial charge < -0.3 is 10.1 Å². The van der Waals surface area contributed by atoms with Gasteiger partial charge >= 0.3 is 0 Å². The minimum Gasteiger partial charge on any atom is -0.483 e. The number of aryl methyl sites for hydroxylation is 1. The summed E-state index contributed by atoms with van der Waals surface area (Å²) >= 11 is 0. The van der Waals surface area contributed by atoms with Crippen molar-refractivity contribution in [2.75, 3.05) is 11.9 Å². The Morgan fingerprint density at radius 1 is 1.05 bits per heavy atom. The molecule has 0 bridgehead atoms. The Hall–Kier alpha value is -2.62. The molecular formula is C17H17NO3. The molecule has 4 nitrogen and oxygen atoms in total. The van der Waals surface area contributed by atoms with Crippen LogP contribution in [0.25, 0.3) is 0 Å². The number of ketones is 1. The van der Waals surface area contributed by atoms with E-state index in [9.17, 15) is 9.59 Å². The number of nitrogens with one attached hydrogen (secondary N) is 1. The Bertz CT molecular complexity index is 665. The Balaban J connectivity index is 2.08. The second-order valence-corrected chi connectivity index (χ2v) is 4.70. The smallest absolute Gasteiger partial charge is 0.221 e. The van der Waals surface area contributed by atoms with Crippen molar-refractivity contribution in [1.82, 2.24) is 0 Å². The van der Waals surface area contributed by atoms with Crippen molar-refractivity contribution in [2.45, 2.75) is 13.8 Å². The van der Waals surface area contributed by atoms with Crippen LogP contribution in [0.3, 0.4) is 0 Å². The van der Waals surface area contributed by atoms with Crippen molar-refractivity contribution in [2.24, 2.45) is 0 Å². The Labute approximate surface area is 123 Å². The molecule has 0 radical (unpaired) electrons. The molecule has 0 aliphatic heterocycles. The summed E-state index contributed by atoms with van der Waals surface area (Å²) in [5.74, 6) is 0.205. The van der Waals surface area contributed by atoms with Gasteiger partial charge in [-0.3, -0.25) is 9.59 Å². The molecule has 0 spiro atoms. The standard InChI is InChI=1S/C17H17NO3/c1-12-7-3-4-8-14(12)16(20)11-21-17-10-6-5-9-15(17)18-13(2)19/h3-10H,11H2,1-2H3,(H,18,19). The molecule has 0 aromatic heterocycles. The van der Waals surface area contributed by atoms with Gasteiger partial charge in [0.1, 0.15) is 5.75 Å². The number of Topliss-reactive ketones (excluding diaryl/α,β-unsaturated/α-hetero) is 1. The van der Waals surface area contributed by atoms with Crippen molar-refractivity contribution in [3.05, 3.63) is 59.7 Å². The Morgan fingerprint density at radius 2 is 1.71 bits per heavy atom. The zero-order valence-corrected chi connectivity index (χ0v) is 12.1. The van der Waals surface area contributed by atoms with Crippen LogP contribution in [-0.2, 0) is 4.79 Å². The minimum atomic E-state index is -0.184. The molecule has 21 heavy (non-hydrogen) atoms. The normalized spacial score (nSPS) is 10.0. The van der Waals surface area contributed by atoms with Gasteiger partial charge in [-0.05, 0) is 24.6 Å². The number of ether oxygens (including phenoxy) is 1. The minimum absolute atomic E-state index is 0.0680. The molecular weight excluding hydrogens is 266 g/mol. The van der Waals surface area contributed by atoms with Gasteiger partial charge in [0.25, 0.3) is 0 Å². The second-order valence-electron chi connectivity index (χ2n) is 4.70. The van der Waals surface area contributed by atoms with Crippen LogP contribution in [0.1, 0.15) is 22.8 Å². The Kier molecular flexibility index (Phi) is 4.72. The van der Waals surface area contributed by atoms with Crippen LogP contribution in [0.4, 0.5) is 5.69 Å². The van der Waals surface area contributed by atoms with E-state index in [4.69, 9.17) is 4.74 Å². The first kappa shape index (κ1) is 14.8. The number of hydrogen-bond donors (Lipinski definition) is 1. The Morgan fingerprint density at radius 3 is 2.43 bits per heavy atom. The van der Waals surface area contributed by atoms with Crippen LogP contribution < -0.4 is 10.1 Å². The molecule has 2 aromatic rings. The summed E-state index contributed by atoms with van der Waals surface area (Å²) < 4.78 is 5.54. The fraction of sp³-hybridized carbons (Fsp3) is 0.176. The highest BCUT2D eigenvalue weighted by molar-refractivity contribution is 5.98. The van der Waals surface area contributed by atoms with Crippen molar-refractivity contribution < 1.29 is 14.3 Å². The maximum absolute atomic E-state index is 12.2. The third-order valence-corrected chi connectivity index (χ3v) is 3.00. The van der Waals surface area contributed by atoms with Crippen LogP contribution >= 0.6 is 0 Å². The van der Waals surface area contributed by atoms with Gasteiger partial charge in [0, 0.05) is 12.5 Å². The van der Waals surface area contributed by atoms with E-state index in [2.05, 4.69) is 5.32 Å². The van der Waals surface area contributed by atoms with Crippen molar-refractivity contribution in [3.63, 3.8) is 0 Å². The zero-order valence-electron chi connectivity index (χ0n) is 12.1. The average Bonchev–Trinajstić information content (AvgIpc) is 2.46. The number of carbonyl (C=O) groups excluding carboxylic acids is 2. The lowest BCUT2D eigenvalue weighted by Gasteiger charge is -2.11. The molecule has 0 aliphatic rings. The maximum atomic E-state index is 12.2. The highest BCUT2D eigenvalue weighted by Gasteiger charge is 2.11. The summed E-state index contributed by atoms with van der Waals surface area (Å²) in [7, 11) is 0. The van der Waals surface area contributed by atoms with Gasteiger partial charge in [-0.25, -0.2) is 0 Å². The number of rotatable bonds is 5. The van der Waals surface area contributed by atoms with Crippen molar-refractivity contribution in [1.29, 1.82) is 0 Å². The largest absolute Gasteiger partial charge is 0.483 e. The van der Waals surface area contributed by atoms with Crippen LogP contribution in [0.5, 0.6) is 5.75 Å². The number of carbonyl (C=O) groups is 2. The van der Waals surface area contributed by atoms with E-state index in [0.29, 0.717) is 17.0 Å². The monoisotopic (exact) mass is 283 g/mol. The molecule has 0 fully saturated rings. The topological polar surface area (TPSA) is 55.4 Å². The molecule has 1 N–H and O–H groups in total. The zero-order chi connectivity index (χ0) is 15.2. The van der Waals surface area contributed by atoms with Crippen LogP contribution in [0.15, 0.2) is 48.5 Å². The summed E-state index contributed by atoms with van der Waals surface area (Å²) in [5, 5.41) is 2.67. The van der Waals surface area contributed by atoms with Gasteiger partial charge in [-0.1, -0.05) is 36.4 Å². The number of amides is 1. The number of para-hydroxylation sites is 2. The van der Waals surface area contributed by atoms with Crippen LogP contribution in [-0.4, -0.2) is 18.3 Å². The maximum Gasteiger partial charge on any atom is 0.221 e. The summed E-state index contributed by atoms with van der Waals surface area (Å²) in [6.45, 7) is 3.25. The van der Waals surface area contributed by atoms with Gasteiger partial charge in [0.2, 0.25) is 5.91 Å². The predicted molar refractivity (Wildman–Crippen MR) is 81.8 cm³/mol. The first-order chi connectivity index (χ1) is 10.1. The molecule has 0 saturated carbocycles. The van der Waals surface area contributed by atoms with E-state index in [1.807, 2.05) is 25.1 Å². The predicted octanol–water partition coefficient (Wildman–Crippen LogP) is 3.22. The summed E-state index contributed by atoms with van der Waals surface area (Å²) in [6, 6.07) is 14.4. The van der Waals surface area contributed by atoms with E-state index in [1.165, 1.54) is 6.92 Å². The first-order valence-electron chi connectivity index (χ1n) is 6.66. The van der Waals surface area contributed by atoms with Gasteiger partial charge in [-0.15, -0.1) is 0 Å². The molecule has 0 heterocycles. The van der Waals surface area contributed by atoms with E-state index in [1.54, 1.807) is 30.3 Å². The van der Waals surface area contributed by atoms with E-state index in [0.717, 1.165) is 5.56 Å². The molecule has 1 amide bonds. The van der Waals surface area contributed by atoms with Crippen molar-refractivity contribution in [3.8, 4) is 5.75 Å². The van der Waals surface area contributed by atoms with Gasteiger partial charge in [0.15, 0.2) is 12.4 Å². The molecule has 2 rings (SSSR count). The lowest BCUT2D eigenvalue weighted by atomic mass is 10.1. The highest BCUT2D eigenvalue weighted by atomic mass is 16.5. The third-order valence-electron chi connectivity index (χ3n) is 3.00. The second kappa shape index (κ2) is 6.70. The van der Waals surface area contributed by atoms with Gasteiger partial charge in [0.05, 0.1) is 5.69 Å². The number of hydrogen-bond acceptors (Lipinski definition) is 3. The molecule has 0 aliphatic carbocycles. The van der Waals surface area contributed by atoms with E-state index < -0.39 is 0 Å². The first-order valence-corrected chi connectivity index (χ1v) is 6.66. The van der Waals surface area contributed by atoms with E-state index in [-0.39, 0.29) is 18.3 Å². The van der Waals surface area contributed by atoms with Crippen LogP contribution in [0, 0.1) is 6.92 Å². The molecule has 0 atom stereocenters. The lowest BCUT2D eigenvalue weighted by Crippen LogP contribution is -2.14. The molecule has 2 aromatic carbocycles. The van der Waals surface area contributed by atoms with Gasteiger partial charge in [-0.2, -0.15) is 0 Å². The summed E-state index contributed by atoms with van der Waals surface area (Å²) in [6.07, 6.45) is 0. The number of benzene rings is 2. The lowest BCUT2D eigenvalue weighted by molar-refractivity contribution is -0.114. The number of anilines is 1. The highest BCUT2D eigenvalue weighted by Crippen LogP contribution is 2.24. The molecule has 0 unspecified atom stereocenters. The molecule has 4 heteroatoms. The fourth-order valence-electron chi connectivity index (χ4n) is 1.99. The average molecular weight is 283 g/mol. The summed E-state index contributed by atoms with van der Waals surface area (Å²) in [4.78, 5) is 23.3.